The van der Waals surface area contributed by atoms with E-state index in [2.05, 4.69) is 5.32 Å². The molecule has 1 fully saturated rings. The summed E-state index contributed by atoms with van der Waals surface area (Å²) in [6.07, 6.45) is 0.730. The normalized spacial score (nSPS) is 23.7. The zero-order valence-electron chi connectivity index (χ0n) is 11.9. The standard InChI is InChI=1S/C13H21NO5/c1-9(15)18-13(7-5-6-10(16)8-13)14-11(17)19-12(2,3)4/h5-8H2,1-4H3,(H,14,17)/t13-/m0/s1. The number of carbonyl (C=O) groups excluding carboxylic acids is 3. The molecule has 0 saturated heterocycles. The monoisotopic (exact) mass is 271 g/mol. The van der Waals surface area contributed by atoms with Gasteiger partial charge in [-0.1, -0.05) is 0 Å². The molecule has 1 N–H and O–H groups in total. The van der Waals surface area contributed by atoms with Crippen LogP contribution in [0, 0.1) is 0 Å². The number of hydrogen-bond acceptors (Lipinski definition) is 5. The van der Waals surface area contributed by atoms with Crippen molar-refractivity contribution in [3.63, 3.8) is 0 Å². The Hall–Kier alpha value is -1.59. The molecule has 1 rings (SSSR count). The summed E-state index contributed by atoms with van der Waals surface area (Å²) in [6, 6.07) is 0. The van der Waals surface area contributed by atoms with E-state index >= 15 is 0 Å². The number of carbonyl (C=O) groups is 3. The third kappa shape index (κ3) is 5.28. The third-order valence-corrected chi connectivity index (χ3v) is 2.59. The van der Waals surface area contributed by atoms with Crippen LogP contribution in [-0.4, -0.2) is 29.2 Å². The molecule has 0 aromatic heterocycles. The fourth-order valence-corrected chi connectivity index (χ4v) is 2.05. The van der Waals surface area contributed by atoms with Gasteiger partial charge in [-0.05, 0) is 27.2 Å². The van der Waals surface area contributed by atoms with Crippen molar-refractivity contribution in [2.45, 2.75) is 64.7 Å². The Morgan fingerprint density at radius 2 is 1.95 bits per heavy atom. The zero-order chi connectivity index (χ0) is 14.7. The van der Waals surface area contributed by atoms with Crippen LogP contribution >= 0.6 is 0 Å². The van der Waals surface area contributed by atoms with Gasteiger partial charge in [0, 0.05) is 19.8 Å². The minimum atomic E-state index is -1.26. The van der Waals surface area contributed by atoms with Crippen molar-refractivity contribution >= 4 is 17.8 Å². The average molecular weight is 271 g/mol. The molecule has 0 aromatic carbocycles. The Balaban J connectivity index is 2.77. The molecule has 1 saturated carbocycles. The van der Waals surface area contributed by atoms with E-state index in [9.17, 15) is 14.4 Å². The molecule has 0 radical (unpaired) electrons. The Morgan fingerprint density at radius 1 is 1.32 bits per heavy atom. The molecule has 0 spiro atoms. The molecule has 6 heteroatoms. The van der Waals surface area contributed by atoms with Crippen LogP contribution in [0.2, 0.25) is 0 Å². The molecule has 1 atom stereocenters. The summed E-state index contributed by atoms with van der Waals surface area (Å²) in [4.78, 5) is 34.5. The average Bonchev–Trinajstić information content (AvgIpc) is 2.11. The second kappa shape index (κ2) is 5.59. The molecule has 1 amide bonds. The maximum atomic E-state index is 11.8. The van der Waals surface area contributed by atoms with Crippen LogP contribution in [0.25, 0.3) is 0 Å². The Bertz CT molecular complexity index is 381. The van der Waals surface area contributed by atoms with Crippen LogP contribution in [0.3, 0.4) is 0 Å². The second-order valence-electron chi connectivity index (χ2n) is 5.78. The summed E-state index contributed by atoms with van der Waals surface area (Å²) >= 11 is 0. The number of rotatable bonds is 2. The number of alkyl carbamates (subject to hydrolysis) is 1. The fraction of sp³-hybridized carbons (Fsp3) is 0.769. The first-order chi connectivity index (χ1) is 8.62. The van der Waals surface area contributed by atoms with Crippen molar-refractivity contribution in [1.29, 1.82) is 0 Å². The number of amides is 1. The molecule has 0 aliphatic heterocycles. The molecule has 1 aliphatic carbocycles. The number of ether oxygens (including phenoxy) is 2. The van der Waals surface area contributed by atoms with Crippen molar-refractivity contribution < 1.29 is 23.9 Å². The molecule has 6 nitrogen and oxygen atoms in total. The lowest BCUT2D eigenvalue weighted by Crippen LogP contribution is -2.55. The van der Waals surface area contributed by atoms with Gasteiger partial charge >= 0.3 is 12.1 Å². The van der Waals surface area contributed by atoms with Crippen molar-refractivity contribution in [1.82, 2.24) is 5.32 Å². The third-order valence-electron chi connectivity index (χ3n) is 2.59. The Kier molecular flexibility index (Phi) is 4.55. The van der Waals surface area contributed by atoms with Gasteiger partial charge in [0.05, 0.1) is 6.42 Å². The highest BCUT2D eigenvalue weighted by Gasteiger charge is 2.41. The number of ketones is 1. The van der Waals surface area contributed by atoms with E-state index in [0.29, 0.717) is 19.3 Å². The van der Waals surface area contributed by atoms with Gasteiger partial charge < -0.3 is 9.47 Å². The maximum Gasteiger partial charge on any atom is 0.410 e. The summed E-state index contributed by atoms with van der Waals surface area (Å²) < 4.78 is 10.3. The SMILES string of the molecule is CC(=O)O[C@@]1(NC(=O)OC(C)(C)C)CCCC(=O)C1. The molecule has 0 heterocycles. The van der Waals surface area contributed by atoms with Gasteiger partial charge in [0.2, 0.25) is 0 Å². The van der Waals surface area contributed by atoms with Crippen LogP contribution in [0.1, 0.15) is 53.4 Å². The quantitative estimate of drug-likeness (QED) is 0.613. The van der Waals surface area contributed by atoms with Gasteiger partial charge in [0.25, 0.3) is 0 Å². The van der Waals surface area contributed by atoms with Gasteiger partial charge in [-0.3, -0.25) is 14.9 Å². The highest BCUT2D eigenvalue weighted by molar-refractivity contribution is 5.82. The van der Waals surface area contributed by atoms with Gasteiger partial charge in [-0.2, -0.15) is 0 Å². The van der Waals surface area contributed by atoms with Crippen molar-refractivity contribution in [2.75, 3.05) is 0 Å². The van der Waals surface area contributed by atoms with Crippen LogP contribution in [-0.2, 0) is 19.1 Å². The zero-order valence-corrected chi connectivity index (χ0v) is 11.9. The summed E-state index contributed by atoms with van der Waals surface area (Å²) in [5, 5.41) is 2.53. The second-order valence-corrected chi connectivity index (χ2v) is 5.78. The molecular weight excluding hydrogens is 250 g/mol. The predicted octanol–water partition coefficient (Wildman–Crippen LogP) is 1.91. The van der Waals surface area contributed by atoms with Crippen LogP contribution in [0.4, 0.5) is 4.79 Å². The van der Waals surface area contributed by atoms with E-state index in [0.717, 1.165) is 0 Å². The van der Waals surface area contributed by atoms with Crippen LogP contribution in [0.5, 0.6) is 0 Å². The molecule has 0 aromatic rings. The van der Waals surface area contributed by atoms with E-state index in [1.807, 2.05) is 0 Å². The lowest BCUT2D eigenvalue weighted by Gasteiger charge is -2.36. The Labute approximate surface area is 112 Å². The number of Topliss-reactive ketones (excluding diaryl/α,β-unsaturated/α-hetero) is 1. The lowest BCUT2D eigenvalue weighted by molar-refractivity contribution is -0.165. The fourth-order valence-electron chi connectivity index (χ4n) is 2.05. The summed E-state index contributed by atoms with van der Waals surface area (Å²) in [5.41, 5.74) is -1.91. The summed E-state index contributed by atoms with van der Waals surface area (Å²) in [7, 11) is 0. The number of esters is 1. The highest BCUT2D eigenvalue weighted by atomic mass is 16.6. The first-order valence-electron chi connectivity index (χ1n) is 6.34. The molecule has 108 valence electrons. The topological polar surface area (TPSA) is 81.7 Å². The smallest absolute Gasteiger partial charge is 0.410 e. The van der Waals surface area contributed by atoms with E-state index in [4.69, 9.17) is 9.47 Å². The van der Waals surface area contributed by atoms with Crippen LogP contribution < -0.4 is 5.32 Å². The Morgan fingerprint density at radius 3 is 2.42 bits per heavy atom. The highest BCUT2D eigenvalue weighted by Crippen LogP contribution is 2.28. The van der Waals surface area contributed by atoms with E-state index in [-0.39, 0.29) is 12.2 Å². The number of hydrogen-bond donors (Lipinski definition) is 1. The van der Waals surface area contributed by atoms with Gasteiger partial charge in [-0.15, -0.1) is 0 Å². The minimum Gasteiger partial charge on any atom is -0.444 e. The maximum absolute atomic E-state index is 11.8. The summed E-state index contributed by atoms with van der Waals surface area (Å²) in [5.74, 6) is -0.575. The van der Waals surface area contributed by atoms with Gasteiger partial charge in [0.1, 0.15) is 11.4 Å². The van der Waals surface area contributed by atoms with Gasteiger partial charge in [-0.25, -0.2) is 4.79 Å². The van der Waals surface area contributed by atoms with E-state index in [1.165, 1.54) is 6.92 Å². The minimum absolute atomic E-state index is 0.00811. The van der Waals surface area contributed by atoms with Crippen molar-refractivity contribution in [3.05, 3.63) is 0 Å². The molecular formula is C13H21NO5. The molecule has 19 heavy (non-hydrogen) atoms. The van der Waals surface area contributed by atoms with E-state index < -0.39 is 23.4 Å². The predicted molar refractivity (Wildman–Crippen MR) is 67.3 cm³/mol. The molecule has 0 bridgehead atoms. The summed E-state index contributed by atoms with van der Waals surface area (Å²) in [6.45, 7) is 6.45. The van der Waals surface area contributed by atoms with Crippen molar-refractivity contribution in [3.8, 4) is 0 Å². The molecule has 0 unspecified atom stereocenters. The van der Waals surface area contributed by atoms with Gasteiger partial charge in [0.15, 0.2) is 5.72 Å². The first-order valence-corrected chi connectivity index (χ1v) is 6.34. The van der Waals surface area contributed by atoms with Crippen LogP contribution in [0.15, 0.2) is 0 Å². The molecule has 1 aliphatic rings. The first kappa shape index (κ1) is 15.5. The lowest BCUT2D eigenvalue weighted by atomic mass is 9.90. The van der Waals surface area contributed by atoms with E-state index in [1.54, 1.807) is 20.8 Å². The van der Waals surface area contributed by atoms with Crippen molar-refractivity contribution in [2.24, 2.45) is 0 Å². The number of nitrogens with one attached hydrogen (secondary N) is 1. The largest absolute Gasteiger partial charge is 0.444 e.